The first-order chi connectivity index (χ1) is 5.45. The molecule has 0 rings (SSSR count). The molecule has 1 N–H and O–H groups in total. The van der Waals surface area contributed by atoms with Crippen molar-refractivity contribution in [1.29, 1.82) is 0 Å². The van der Waals surface area contributed by atoms with E-state index in [4.69, 9.17) is 4.74 Å². The highest BCUT2D eigenvalue weighted by Gasteiger charge is 2.31. The number of rotatable bonds is 5. The number of aliphatic hydroxyl groups is 1. The van der Waals surface area contributed by atoms with Crippen molar-refractivity contribution in [2.45, 2.75) is 52.2 Å². The summed E-state index contributed by atoms with van der Waals surface area (Å²) in [5, 5.41) is 9.85. The van der Waals surface area contributed by atoms with Gasteiger partial charge in [-0.05, 0) is 26.2 Å². The number of hydrogen-bond donors (Lipinski definition) is 1. The van der Waals surface area contributed by atoms with Crippen LogP contribution < -0.4 is 0 Å². The van der Waals surface area contributed by atoms with Gasteiger partial charge in [-0.25, -0.2) is 0 Å². The van der Waals surface area contributed by atoms with Crippen LogP contribution in [0.4, 0.5) is 0 Å². The second kappa shape index (κ2) is 4.83. The smallest absolute Gasteiger partial charge is 0.0883 e. The number of ether oxygens (including phenoxy) is 1. The maximum absolute atomic E-state index is 9.85. The molecular formula is C10H22O2. The Kier molecular flexibility index (Phi) is 4.80. The summed E-state index contributed by atoms with van der Waals surface area (Å²) in [5.74, 6) is 0.310. The normalized spacial score (nSPS) is 17.5. The van der Waals surface area contributed by atoms with Gasteiger partial charge in [0.25, 0.3) is 0 Å². The van der Waals surface area contributed by atoms with Gasteiger partial charge < -0.3 is 9.84 Å². The summed E-state index contributed by atoms with van der Waals surface area (Å²) >= 11 is 0. The zero-order valence-corrected chi connectivity index (χ0v) is 8.92. The lowest BCUT2D eigenvalue weighted by Crippen LogP contribution is -2.42. The average molecular weight is 174 g/mol. The molecule has 2 unspecified atom stereocenters. The van der Waals surface area contributed by atoms with E-state index in [1.807, 2.05) is 13.8 Å². The fourth-order valence-electron chi connectivity index (χ4n) is 1.42. The summed E-state index contributed by atoms with van der Waals surface area (Å²) in [6.45, 7) is 8.03. The third-order valence-electron chi connectivity index (χ3n) is 2.52. The average Bonchev–Trinajstić information content (AvgIpc) is 2.03. The van der Waals surface area contributed by atoms with E-state index in [0.29, 0.717) is 5.92 Å². The van der Waals surface area contributed by atoms with E-state index in [1.165, 1.54) is 0 Å². The SMILES string of the molecule is CCCC(C)C(O)C(C)(C)OC. The van der Waals surface area contributed by atoms with E-state index >= 15 is 0 Å². The van der Waals surface area contributed by atoms with Crippen LogP contribution >= 0.6 is 0 Å². The largest absolute Gasteiger partial charge is 0.390 e. The van der Waals surface area contributed by atoms with Crippen molar-refractivity contribution in [2.24, 2.45) is 5.92 Å². The Morgan fingerprint density at radius 1 is 1.42 bits per heavy atom. The van der Waals surface area contributed by atoms with Crippen LogP contribution in [0.25, 0.3) is 0 Å². The van der Waals surface area contributed by atoms with Crippen LogP contribution in [0.15, 0.2) is 0 Å². The van der Waals surface area contributed by atoms with Gasteiger partial charge in [0.15, 0.2) is 0 Å². The molecule has 0 aliphatic heterocycles. The summed E-state index contributed by atoms with van der Waals surface area (Å²) in [4.78, 5) is 0. The third-order valence-corrected chi connectivity index (χ3v) is 2.52. The predicted octanol–water partition coefficient (Wildman–Crippen LogP) is 2.21. The molecule has 0 bridgehead atoms. The minimum absolute atomic E-state index is 0.310. The molecule has 0 aromatic carbocycles. The molecule has 2 nitrogen and oxygen atoms in total. The highest BCUT2D eigenvalue weighted by Crippen LogP contribution is 2.23. The van der Waals surface area contributed by atoms with Crippen LogP contribution in [-0.4, -0.2) is 23.9 Å². The highest BCUT2D eigenvalue weighted by atomic mass is 16.5. The Morgan fingerprint density at radius 2 is 1.92 bits per heavy atom. The molecule has 0 aliphatic carbocycles. The maximum atomic E-state index is 9.85. The highest BCUT2D eigenvalue weighted by molar-refractivity contribution is 4.82. The van der Waals surface area contributed by atoms with Gasteiger partial charge in [-0.15, -0.1) is 0 Å². The van der Waals surface area contributed by atoms with E-state index in [0.717, 1.165) is 12.8 Å². The first-order valence-electron chi connectivity index (χ1n) is 4.69. The molecule has 74 valence electrons. The fraction of sp³-hybridized carbons (Fsp3) is 1.00. The standard InChI is InChI=1S/C10H22O2/c1-6-7-8(2)9(11)10(3,4)12-5/h8-9,11H,6-7H2,1-5H3. The Labute approximate surface area is 75.9 Å². The monoisotopic (exact) mass is 174 g/mol. The topological polar surface area (TPSA) is 29.5 Å². The van der Waals surface area contributed by atoms with Gasteiger partial charge in [0.2, 0.25) is 0 Å². The van der Waals surface area contributed by atoms with Crippen LogP contribution in [0.5, 0.6) is 0 Å². The molecule has 2 atom stereocenters. The van der Waals surface area contributed by atoms with E-state index in [9.17, 15) is 5.11 Å². The fourth-order valence-corrected chi connectivity index (χ4v) is 1.42. The molecule has 0 aromatic heterocycles. The van der Waals surface area contributed by atoms with E-state index in [-0.39, 0.29) is 6.10 Å². The predicted molar refractivity (Wildman–Crippen MR) is 51.2 cm³/mol. The molecule has 0 amide bonds. The van der Waals surface area contributed by atoms with Crippen LogP contribution in [0.3, 0.4) is 0 Å². The molecule has 0 fully saturated rings. The van der Waals surface area contributed by atoms with Gasteiger partial charge in [0.05, 0.1) is 11.7 Å². The summed E-state index contributed by atoms with van der Waals surface area (Å²) in [6, 6.07) is 0. The molecule has 0 radical (unpaired) electrons. The number of aliphatic hydroxyl groups excluding tert-OH is 1. The van der Waals surface area contributed by atoms with Crippen LogP contribution in [0.2, 0.25) is 0 Å². The minimum atomic E-state index is -0.422. The minimum Gasteiger partial charge on any atom is -0.390 e. The molecule has 2 heteroatoms. The van der Waals surface area contributed by atoms with Crippen LogP contribution in [0, 0.1) is 5.92 Å². The quantitative estimate of drug-likeness (QED) is 0.692. The molecule has 0 aliphatic rings. The third kappa shape index (κ3) is 3.11. The van der Waals surface area contributed by atoms with Gasteiger partial charge in [0, 0.05) is 7.11 Å². The van der Waals surface area contributed by atoms with Crippen molar-refractivity contribution in [2.75, 3.05) is 7.11 Å². The van der Waals surface area contributed by atoms with Crippen molar-refractivity contribution in [3.05, 3.63) is 0 Å². The summed E-state index contributed by atoms with van der Waals surface area (Å²) in [7, 11) is 1.64. The Balaban J connectivity index is 4.07. The molecule has 0 saturated carbocycles. The zero-order chi connectivity index (χ0) is 9.78. The van der Waals surface area contributed by atoms with Gasteiger partial charge in [-0.3, -0.25) is 0 Å². The summed E-state index contributed by atoms with van der Waals surface area (Å²) in [5.41, 5.74) is -0.422. The van der Waals surface area contributed by atoms with Crippen LogP contribution in [-0.2, 0) is 4.74 Å². The number of methoxy groups -OCH3 is 1. The van der Waals surface area contributed by atoms with Gasteiger partial charge in [-0.2, -0.15) is 0 Å². The van der Waals surface area contributed by atoms with Gasteiger partial charge in [-0.1, -0.05) is 20.3 Å². The number of hydrogen-bond acceptors (Lipinski definition) is 2. The second-order valence-corrected chi connectivity index (χ2v) is 4.02. The van der Waals surface area contributed by atoms with Crippen molar-refractivity contribution in [3.8, 4) is 0 Å². The lowest BCUT2D eigenvalue weighted by Gasteiger charge is -2.33. The van der Waals surface area contributed by atoms with Crippen molar-refractivity contribution in [3.63, 3.8) is 0 Å². The Bertz CT molecular complexity index is 121. The second-order valence-electron chi connectivity index (χ2n) is 4.02. The van der Waals surface area contributed by atoms with Gasteiger partial charge in [0.1, 0.15) is 0 Å². The van der Waals surface area contributed by atoms with Crippen molar-refractivity contribution in [1.82, 2.24) is 0 Å². The van der Waals surface area contributed by atoms with Crippen molar-refractivity contribution >= 4 is 0 Å². The van der Waals surface area contributed by atoms with Crippen LogP contribution in [0.1, 0.15) is 40.5 Å². The Hall–Kier alpha value is -0.0800. The molecular weight excluding hydrogens is 152 g/mol. The summed E-state index contributed by atoms with van der Waals surface area (Å²) in [6.07, 6.45) is 1.79. The van der Waals surface area contributed by atoms with Gasteiger partial charge >= 0.3 is 0 Å². The molecule has 0 spiro atoms. The first kappa shape index (κ1) is 11.9. The van der Waals surface area contributed by atoms with Crippen molar-refractivity contribution < 1.29 is 9.84 Å². The lowest BCUT2D eigenvalue weighted by molar-refractivity contribution is -0.0993. The molecule has 0 aromatic rings. The van der Waals surface area contributed by atoms with E-state index < -0.39 is 5.60 Å². The lowest BCUT2D eigenvalue weighted by atomic mass is 9.88. The summed E-state index contributed by atoms with van der Waals surface area (Å²) < 4.78 is 5.22. The first-order valence-corrected chi connectivity index (χ1v) is 4.69. The molecule has 0 saturated heterocycles. The molecule has 12 heavy (non-hydrogen) atoms. The molecule has 0 heterocycles. The van der Waals surface area contributed by atoms with E-state index in [1.54, 1.807) is 7.11 Å². The Morgan fingerprint density at radius 3 is 2.25 bits per heavy atom. The zero-order valence-electron chi connectivity index (χ0n) is 8.92. The van der Waals surface area contributed by atoms with E-state index in [2.05, 4.69) is 13.8 Å². The maximum Gasteiger partial charge on any atom is 0.0883 e.